The van der Waals surface area contributed by atoms with Crippen LogP contribution in [0.1, 0.15) is 29.9 Å². The lowest BCUT2D eigenvalue weighted by Crippen LogP contribution is -2.44. The Balaban J connectivity index is 2.78. The summed E-state index contributed by atoms with van der Waals surface area (Å²) in [6.07, 6.45) is 1.55. The number of hydrogen-bond donors (Lipinski definition) is 1. The maximum atomic E-state index is 12.9. The number of hydrogen-bond acceptors (Lipinski definition) is 2. The average molecular weight is 228 g/mol. The molecule has 0 aliphatic heterocycles. The number of halogens is 2. The number of carbonyl (C=O) groups is 1. The van der Waals surface area contributed by atoms with Crippen LogP contribution in [0, 0.1) is 6.92 Å². The van der Waals surface area contributed by atoms with Crippen LogP contribution in [0.15, 0.2) is 18.3 Å². The number of carbonyl (C=O) groups excluding carboxylic acids is 1. The molecule has 1 N–H and O–H groups in total. The van der Waals surface area contributed by atoms with E-state index in [1.165, 1.54) is 6.92 Å². The fourth-order valence-electron chi connectivity index (χ4n) is 1.13. The molecular weight excluding hydrogens is 214 g/mol. The van der Waals surface area contributed by atoms with E-state index in [-0.39, 0.29) is 0 Å². The second-order valence-corrected chi connectivity index (χ2v) is 3.79. The molecule has 88 valence electrons. The number of rotatable bonds is 3. The molecule has 16 heavy (non-hydrogen) atoms. The SMILES string of the molecule is Cc1ncccc1C(=O)NC(C)C(C)(F)F. The highest BCUT2D eigenvalue weighted by Crippen LogP contribution is 2.17. The van der Waals surface area contributed by atoms with E-state index in [2.05, 4.69) is 10.3 Å². The van der Waals surface area contributed by atoms with Gasteiger partial charge in [-0.1, -0.05) is 0 Å². The maximum absolute atomic E-state index is 12.9. The van der Waals surface area contributed by atoms with Gasteiger partial charge in [0.25, 0.3) is 11.8 Å². The Hall–Kier alpha value is -1.52. The van der Waals surface area contributed by atoms with Crippen molar-refractivity contribution in [2.24, 2.45) is 0 Å². The minimum atomic E-state index is -2.94. The third-order valence-electron chi connectivity index (χ3n) is 2.36. The summed E-state index contributed by atoms with van der Waals surface area (Å²) < 4.78 is 25.7. The molecule has 1 rings (SSSR count). The van der Waals surface area contributed by atoms with Gasteiger partial charge in [0, 0.05) is 18.8 Å². The first-order valence-electron chi connectivity index (χ1n) is 4.92. The number of aromatic nitrogens is 1. The van der Waals surface area contributed by atoms with Gasteiger partial charge in [0.2, 0.25) is 0 Å². The summed E-state index contributed by atoms with van der Waals surface area (Å²) in [7, 11) is 0. The van der Waals surface area contributed by atoms with Gasteiger partial charge in [-0.15, -0.1) is 0 Å². The van der Waals surface area contributed by atoms with Gasteiger partial charge in [0.1, 0.15) is 0 Å². The van der Waals surface area contributed by atoms with Crippen LogP contribution in [-0.2, 0) is 0 Å². The molecular formula is C11H14F2N2O. The van der Waals surface area contributed by atoms with Crippen LogP contribution in [0.25, 0.3) is 0 Å². The summed E-state index contributed by atoms with van der Waals surface area (Å²) in [5, 5.41) is 2.25. The van der Waals surface area contributed by atoms with Crippen molar-refractivity contribution in [1.82, 2.24) is 10.3 Å². The van der Waals surface area contributed by atoms with Crippen molar-refractivity contribution in [3.63, 3.8) is 0 Å². The van der Waals surface area contributed by atoms with Crippen LogP contribution >= 0.6 is 0 Å². The van der Waals surface area contributed by atoms with E-state index in [0.29, 0.717) is 11.3 Å². The molecule has 0 saturated carbocycles. The molecule has 1 amide bonds. The number of nitrogens with zero attached hydrogens (tertiary/aromatic N) is 1. The topological polar surface area (TPSA) is 42.0 Å². The fraction of sp³-hybridized carbons (Fsp3) is 0.455. The van der Waals surface area contributed by atoms with Crippen molar-refractivity contribution in [2.75, 3.05) is 0 Å². The van der Waals surface area contributed by atoms with Gasteiger partial charge in [-0.3, -0.25) is 9.78 Å². The molecule has 5 heteroatoms. The van der Waals surface area contributed by atoms with Gasteiger partial charge >= 0.3 is 0 Å². The minimum Gasteiger partial charge on any atom is -0.343 e. The van der Waals surface area contributed by atoms with E-state index >= 15 is 0 Å². The molecule has 0 radical (unpaired) electrons. The predicted molar refractivity (Wildman–Crippen MR) is 56.5 cm³/mol. The maximum Gasteiger partial charge on any atom is 0.264 e. The first-order valence-corrected chi connectivity index (χ1v) is 4.92. The quantitative estimate of drug-likeness (QED) is 0.861. The number of nitrogens with one attached hydrogen (secondary N) is 1. The van der Waals surface area contributed by atoms with E-state index in [0.717, 1.165) is 6.92 Å². The van der Waals surface area contributed by atoms with Crippen LogP contribution in [0.3, 0.4) is 0 Å². The molecule has 1 heterocycles. The highest BCUT2D eigenvalue weighted by Gasteiger charge is 2.31. The second-order valence-electron chi connectivity index (χ2n) is 3.79. The molecule has 3 nitrogen and oxygen atoms in total. The first kappa shape index (κ1) is 12.5. The van der Waals surface area contributed by atoms with E-state index in [1.54, 1.807) is 25.3 Å². The van der Waals surface area contributed by atoms with Crippen molar-refractivity contribution in [3.8, 4) is 0 Å². The standard InChI is InChI=1S/C11H14F2N2O/c1-7-9(5-4-6-14-7)10(16)15-8(2)11(3,12)13/h4-6,8H,1-3H3,(H,15,16). The first-order chi connectivity index (χ1) is 7.32. The molecule has 1 atom stereocenters. The third-order valence-corrected chi connectivity index (χ3v) is 2.36. The zero-order chi connectivity index (χ0) is 12.3. The molecule has 0 fully saturated rings. The molecule has 0 aliphatic carbocycles. The minimum absolute atomic E-state index is 0.318. The van der Waals surface area contributed by atoms with Gasteiger partial charge in [0.15, 0.2) is 0 Å². The number of aryl methyl sites for hydroxylation is 1. The fourth-order valence-corrected chi connectivity index (χ4v) is 1.13. The van der Waals surface area contributed by atoms with E-state index < -0.39 is 17.9 Å². The number of amides is 1. The van der Waals surface area contributed by atoms with Crippen LogP contribution in [0.4, 0.5) is 8.78 Å². The number of pyridine rings is 1. The van der Waals surface area contributed by atoms with Gasteiger partial charge in [-0.25, -0.2) is 8.78 Å². The van der Waals surface area contributed by atoms with Crippen molar-refractivity contribution in [3.05, 3.63) is 29.6 Å². The lowest BCUT2D eigenvalue weighted by atomic mass is 10.1. The van der Waals surface area contributed by atoms with Crippen molar-refractivity contribution < 1.29 is 13.6 Å². The highest BCUT2D eigenvalue weighted by molar-refractivity contribution is 5.95. The normalized spacial score (nSPS) is 13.3. The molecule has 0 saturated heterocycles. The van der Waals surface area contributed by atoms with E-state index in [1.807, 2.05) is 0 Å². The highest BCUT2D eigenvalue weighted by atomic mass is 19.3. The molecule has 1 aromatic rings. The summed E-state index contributed by atoms with van der Waals surface area (Å²) in [5.41, 5.74) is 0.838. The molecule has 0 aromatic carbocycles. The Morgan fingerprint density at radius 1 is 1.56 bits per heavy atom. The predicted octanol–water partition coefficient (Wildman–Crippen LogP) is 2.16. The van der Waals surface area contributed by atoms with E-state index in [9.17, 15) is 13.6 Å². The van der Waals surface area contributed by atoms with Gasteiger partial charge in [-0.05, 0) is 26.0 Å². The monoisotopic (exact) mass is 228 g/mol. The Morgan fingerprint density at radius 2 is 2.19 bits per heavy atom. The summed E-state index contributed by atoms with van der Waals surface area (Å²) in [5.74, 6) is -3.47. The Kier molecular flexibility index (Phi) is 3.57. The van der Waals surface area contributed by atoms with Gasteiger partial charge in [0.05, 0.1) is 11.6 Å². The molecule has 1 aromatic heterocycles. The zero-order valence-corrected chi connectivity index (χ0v) is 9.42. The van der Waals surface area contributed by atoms with Crippen molar-refractivity contribution in [1.29, 1.82) is 0 Å². The van der Waals surface area contributed by atoms with Crippen LogP contribution in [0.5, 0.6) is 0 Å². The van der Waals surface area contributed by atoms with Gasteiger partial charge in [-0.2, -0.15) is 0 Å². The average Bonchev–Trinajstić information content (AvgIpc) is 2.16. The second kappa shape index (κ2) is 4.55. The summed E-state index contributed by atoms with van der Waals surface area (Å²) in [6, 6.07) is 1.94. The smallest absolute Gasteiger partial charge is 0.264 e. The molecule has 0 bridgehead atoms. The lowest BCUT2D eigenvalue weighted by Gasteiger charge is -2.20. The largest absolute Gasteiger partial charge is 0.343 e. The Morgan fingerprint density at radius 3 is 2.69 bits per heavy atom. The Labute approximate surface area is 92.9 Å². The van der Waals surface area contributed by atoms with Crippen LogP contribution < -0.4 is 5.32 Å². The van der Waals surface area contributed by atoms with Crippen LogP contribution in [0.2, 0.25) is 0 Å². The van der Waals surface area contributed by atoms with E-state index in [4.69, 9.17) is 0 Å². The molecule has 0 spiro atoms. The van der Waals surface area contributed by atoms with Crippen molar-refractivity contribution >= 4 is 5.91 Å². The van der Waals surface area contributed by atoms with Crippen LogP contribution in [-0.4, -0.2) is 22.9 Å². The molecule has 0 aliphatic rings. The Bertz CT molecular complexity index is 388. The van der Waals surface area contributed by atoms with Crippen molar-refractivity contribution in [2.45, 2.75) is 32.7 Å². The molecule has 1 unspecified atom stereocenters. The summed E-state index contributed by atoms with van der Waals surface area (Å²) in [4.78, 5) is 15.6. The third kappa shape index (κ3) is 2.98. The summed E-state index contributed by atoms with van der Waals surface area (Å²) in [6.45, 7) is 3.70. The zero-order valence-electron chi connectivity index (χ0n) is 9.42. The number of alkyl halides is 2. The van der Waals surface area contributed by atoms with Gasteiger partial charge < -0.3 is 5.32 Å². The summed E-state index contributed by atoms with van der Waals surface area (Å²) >= 11 is 0. The lowest BCUT2D eigenvalue weighted by molar-refractivity contribution is -0.0108.